The predicted molar refractivity (Wildman–Crippen MR) is 129 cm³/mol. The van der Waals surface area contributed by atoms with Crippen molar-refractivity contribution in [1.82, 2.24) is 15.0 Å². The normalized spacial score (nSPS) is 18.0. The van der Waals surface area contributed by atoms with Crippen molar-refractivity contribution < 1.29 is 27.1 Å². The number of morpholine rings is 1. The van der Waals surface area contributed by atoms with Crippen LogP contribution >= 0.6 is 0 Å². The summed E-state index contributed by atoms with van der Waals surface area (Å²) in [6.45, 7) is 2.43. The van der Waals surface area contributed by atoms with Crippen LogP contribution in [0, 0.1) is 11.6 Å². The lowest BCUT2D eigenvalue weighted by molar-refractivity contribution is -0.0385. The molecule has 1 saturated carbocycles. The SMILES string of the molecule is O=C(Nc1cnc(N2CCOCC2)nc1)c1c(-c2cc(F)ccc2F)ccnc1C1CCC(F)(F)CC1. The summed E-state index contributed by atoms with van der Waals surface area (Å²) in [5.41, 5.74) is 0.591. The number of nitrogens with zero attached hydrogens (tertiary/aromatic N) is 4. The van der Waals surface area contributed by atoms with Gasteiger partial charge in [0, 0.05) is 49.2 Å². The van der Waals surface area contributed by atoms with E-state index in [1.54, 1.807) is 0 Å². The molecule has 0 atom stereocenters. The molecule has 2 aromatic heterocycles. The fourth-order valence-corrected chi connectivity index (χ4v) is 4.77. The Balaban J connectivity index is 1.49. The van der Waals surface area contributed by atoms with Crippen LogP contribution in [0.2, 0.25) is 0 Å². The number of benzene rings is 1. The van der Waals surface area contributed by atoms with E-state index in [1.807, 2.05) is 4.90 Å². The largest absolute Gasteiger partial charge is 0.378 e. The average molecular weight is 516 g/mol. The first-order valence-electron chi connectivity index (χ1n) is 12.1. The summed E-state index contributed by atoms with van der Waals surface area (Å²) in [4.78, 5) is 28.5. The Morgan fingerprint density at radius 1 is 1.00 bits per heavy atom. The Morgan fingerprint density at radius 3 is 2.41 bits per heavy atom. The van der Waals surface area contributed by atoms with Gasteiger partial charge in [0.05, 0.1) is 42.6 Å². The van der Waals surface area contributed by atoms with Crippen LogP contribution in [0.25, 0.3) is 11.1 Å². The topological polar surface area (TPSA) is 80.2 Å². The van der Waals surface area contributed by atoms with E-state index in [1.165, 1.54) is 24.7 Å². The smallest absolute Gasteiger partial charge is 0.258 e. The highest BCUT2D eigenvalue weighted by atomic mass is 19.3. The molecule has 11 heteroatoms. The van der Waals surface area contributed by atoms with Crippen molar-refractivity contribution in [1.29, 1.82) is 0 Å². The van der Waals surface area contributed by atoms with E-state index < -0.39 is 29.4 Å². The van der Waals surface area contributed by atoms with Crippen molar-refractivity contribution >= 4 is 17.5 Å². The zero-order valence-electron chi connectivity index (χ0n) is 19.9. The van der Waals surface area contributed by atoms with E-state index in [0.717, 1.165) is 18.2 Å². The predicted octanol–water partition coefficient (Wildman–Crippen LogP) is 5.20. The van der Waals surface area contributed by atoms with Crippen molar-refractivity contribution in [2.75, 3.05) is 36.5 Å². The highest BCUT2D eigenvalue weighted by molar-refractivity contribution is 6.09. The van der Waals surface area contributed by atoms with Gasteiger partial charge in [-0.1, -0.05) is 0 Å². The molecule has 0 radical (unpaired) electrons. The second kappa shape index (κ2) is 10.4. The fourth-order valence-electron chi connectivity index (χ4n) is 4.77. The van der Waals surface area contributed by atoms with Crippen molar-refractivity contribution in [3.63, 3.8) is 0 Å². The molecule has 37 heavy (non-hydrogen) atoms. The third-order valence-corrected chi connectivity index (χ3v) is 6.72. The third-order valence-electron chi connectivity index (χ3n) is 6.72. The van der Waals surface area contributed by atoms with Gasteiger partial charge in [-0.2, -0.15) is 0 Å². The molecule has 3 heterocycles. The Bertz CT molecular complexity index is 1270. The summed E-state index contributed by atoms with van der Waals surface area (Å²) in [5.74, 6) is -4.75. The Labute approximate surface area is 210 Å². The second-order valence-corrected chi connectivity index (χ2v) is 9.20. The van der Waals surface area contributed by atoms with E-state index in [-0.39, 0.29) is 53.8 Å². The highest BCUT2D eigenvalue weighted by Crippen LogP contribution is 2.42. The van der Waals surface area contributed by atoms with E-state index in [9.17, 15) is 22.4 Å². The summed E-state index contributed by atoms with van der Waals surface area (Å²) in [7, 11) is 0. The van der Waals surface area contributed by atoms with Gasteiger partial charge < -0.3 is 15.0 Å². The van der Waals surface area contributed by atoms with Crippen LogP contribution in [0.5, 0.6) is 0 Å². The zero-order valence-corrected chi connectivity index (χ0v) is 19.9. The first-order valence-corrected chi connectivity index (χ1v) is 12.1. The quantitative estimate of drug-likeness (QED) is 0.471. The van der Waals surface area contributed by atoms with E-state index in [0.29, 0.717) is 32.3 Å². The monoisotopic (exact) mass is 515 g/mol. The molecule has 5 rings (SSSR count). The summed E-state index contributed by atoms with van der Waals surface area (Å²) in [5, 5.41) is 2.72. The van der Waals surface area contributed by atoms with Crippen LogP contribution in [-0.4, -0.2) is 53.1 Å². The number of aromatic nitrogens is 3. The Hall–Kier alpha value is -3.60. The van der Waals surface area contributed by atoms with E-state index in [4.69, 9.17) is 4.74 Å². The molecule has 1 aliphatic carbocycles. The Morgan fingerprint density at radius 2 is 1.70 bits per heavy atom. The maximum absolute atomic E-state index is 14.8. The molecule has 1 N–H and O–H groups in total. The maximum Gasteiger partial charge on any atom is 0.258 e. The Kier molecular flexibility index (Phi) is 7.05. The van der Waals surface area contributed by atoms with Gasteiger partial charge in [-0.15, -0.1) is 0 Å². The number of hydrogen-bond acceptors (Lipinski definition) is 6. The minimum atomic E-state index is -2.77. The lowest BCUT2D eigenvalue weighted by Gasteiger charge is -2.29. The summed E-state index contributed by atoms with van der Waals surface area (Å²) < 4.78 is 61.8. The van der Waals surface area contributed by atoms with E-state index >= 15 is 0 Å². The van der Waals surface area contributed by atoms with E-state index in [2.05, 4.69) is 20.3 Å². The molecule has 1 aromatic carbocycles. The molecule has 3 aromatic rings. The molecular formula is C26H25F4N5O2. The van der Waals surface area contributed by atoms with Gasteiger partial charge in [0.2, 0.25) is 11.9 Å². The average Bonchev–Trinajstić information content (AvgIpc) is 2.90. The lowest BCUT2D eigenvalue weighted by Crippen LogP contribution is -2.37. The van der Waals surface area contributed by atoms with Gasteiger partial charge in [-0.25, -0.2) is 27.5 Å². The first-order chi connectivity index (χ1) is 17.8. The zero-order chi connectivity index (χ0) is 26.0. The molecule has 1 amide bonds. The lowest BCUT2D eigenvalue weighted by atomic mass is 9.81. The number of alkyl halides is 2. The molecule has 0 spiro atoms. The summed E-state index contributed by atoms with van der Waals surface area (Å²) in [6, 6.07) is 4.38. The highest BCUT2D eigenvalue weighted by Gasteiger charge is 2.37. The number of rotatable bonds is 5. The standard InChI is InChI=1S/C26H25F4N5O2/c27-17-1-2-21(28)20(13-17)19-5-8-31-23(16-3-6-26(29,30)7-4-16)22(19)24(36)34-18-14-32-25(33-15-18)35-9-11-37-12-10-35/h1-2,5,8,13-16H,3-4,6-7,9-12H2,(H,34,36). The summed E-state index contributed by atoms with van der Waals surface area (Å²) in [6.07, 6.45) is 3.86. The van der Waals surface area contributed by atoms with Crippen molar-refractivity contribution in [2.24, 2.45) is 0 Å². The molecule has 194 valence electrons. The second-order valence-electron chi connectivity index (χ2n) is 9.20. The van der Waals surface area contributed by atoms with Crippen LogP contribution in [0.15, 0.2) is 42.9 Å². The van der Waals surface area contributed by atoms with Crippen LogP contribution in [0.1, 0.15) is 47.7 Å². The number of nitrogens with one attached hydrogen (secondary N) is 1. The van der Waals surface area contributed by atoms with Crippen LogP contribution in [0.3, 0.4) is 0 Å². The number of pyridine rings is 1. The van der Waals surface area contributed by atoms with Crippen LogP contribution < -0.4 is 10.2 Å². The van der Waals surface area contributed by atoms with Crippen molar-refractivity contribution in [2.45, 2.75) is 37.5 Å². The number of hydrogen-bond donors (Lipinski definition) is 1. The minimum Gasteiger partial charge on any atom is -0.378 e. The molecule has 1 aliphatic heterocycles. The first kappa shape index (κ1) is 25.1. The van der Waals surface area contributed by atoms with Crippen LogP contribution in [0.4, 0.5) is 29.2 Å². The van der Waals surface area contributed by atoms with Gasteiger partial charge in [0.1, 0.15) is 11.6 Å². The molecule has 2 fully saturated rings. The number of amides is 1. The van der Waals surface area contributed by atoms with Gasteiger partial charge in [0.25, 0.3) is 5.91 Å². The number of halogens is 4. The van der Waals surface area contributed by atoms with Gasteiger partial charge >= 0.3 is 0 Å². The minimum absolute atomic E-state index is 0.0134. The third kappa shape index (κ3) is 5.56. The van der Waals surface area contributed by atoms with Crippen LogP contribution in [-0.2, 0) is 4.74 Å². The fraction of sp³-hybridized carbons (Fsp3) is 0.385. The molecular weight excluding hydrogens is 490 g/mol. The van der Waals surface area contributed by atoms with Crippen molar-refractivity contribution in [3.8, 4) is 11.1 Å². The van der Waals surface area contributed by atoms with Gasteiger partial charge in [-0.05, 0) is 37.1 Å². The molecule has 0 unspecified atom stereocenters. The molecule has 7 nitrogen and oxygen atoms in total. The number of carbonyl (C=O) groups excluding carboxylic acids is 1. The number of carbonyl (C=O) groups is 1. The van der Waals surface area contributed by atoms with Gasteiger partial charge in [0.15, 0.2) is 0 Å². The molecule has 2 aliphatic rings. The molecule has 0 bridgehead atoms. The molecule has 1 saturated heterocycles. The summed E-state index contributed by atoms with van der Waals surface area (Å²) >= 11 is 0. The maximum atomic E-state index is 14.8. The van der Waals surface area contributed by atoms with Gasteiger partial charge in [-0.3, -0.25) is 9.78 Å². The van der Waals surface area contributed by atoms with Crippen molar-refractivity contribution in [3.05, 3.63) is 65.7 Å². The number of anilines is 2. The number of ether oxygens (including phenoxy) is 1.